The van der Waals surface area contributed by atoms with Crippen LogP contribution >= 0.6 is 0 Å². The van der Waals surface area contributed by atoms with E-state index in [2.05, 4.69) is 5.32 Å². The monoisotopic (exact) mass is 289 g/mol. The van der Waals surface area contributed by atoms with Gasteiger partial charge in [0.25, 0.3) is 0 Å². The summed E-state index contributed by atoms with van der Waals surface area (Å²) in [6.45, 7) is 5.03. The van der Waals surface area contributed by atoms with Crippen LogP contribution in [-0.2, 0) is 11.2 Å². The van der Waals surface area contributed by atoms with Crippen LogP contribution in [0.15, 0.2) is 30.3 Å². The maximum atomic E-state index is 12.2. The molecule has 3 amide bonds. The number of piperazine rings is 1. The van der Waals surface area contributed by atoms with Crippen LogP contribution in [0.1, 0.15) is 18.9 Å². The fourth-order valence-corrected chi connectivity index (χ4v) is 2.48. The number of rotatable bonds is 4. The zero-order chi connectivity index (χ0) is 15.1. The Kier molecular flexibility index (Phi) is 5.60. The Labute approximate surface area is 125 Å². The first kappa shape index (κ1) is 15.4. The summed E-state index contributed by atoms with van der Waals surface area (Å²) in [5.74, 6) is 0.175. The Balaban J connectivity index is 1.74. The van der Waals surface area contributed by atoms with E-state index >= 15 is 0 Å². The molecule has 0 saturated carbocycles. The summed E-state index contributed by atoms with van der Waals surface area (Å²) in [5, 5.41) is 2.79. The van der Waals surface area contributed by atoms with Crippen LogP contribution in [0.2, 0.25) is 0 Å². The lowest BCUT2D eigenvalue weighted by Gasteiger charge is -2.34. The molecule has 1 aromatic carbocycles. The minimum absolute atomic E-state index is 0.0334. The molecule has 1 aliphatic heterocycles. The SMILES string of the molecule is CCNC(=O)N1CCN(C(=O)CCc2ccccc2)CC1. The minimum atomic E-state index is -0.0334. The van der Waals surface area contributed by atoms with Gasteiger partial charge < -0.3 is 15.1 Å². The molecule has 1 saturated heterocycles. The van der Waals surface area contributed by atoms with E-state index in [0.717, 1.165) is 6.42 Å². The molecule has 1 aliphatic rings. The van der Waals surface area contributed by atoms with Crippen molar-refractivity contribution in [2.45, 2.75) is 19.8 Å². The average molecular weight is 289 g/mol. The number of hydrogen-bond acceptors (Lipinski definition) is 2. The summed E-state index contributed by atoms with van der Waals surface area (Å²) in [5.41, 5.74) is 1.19. The van der Waals surface area contributed by atoms with Crippen molar-refractivity contribution in [2.75, 3.05) is 32.7 Å². The number of amides is 3. The van der Waals surface area contributed by atoms with E-state index < -0.39 is 0 Å². The summed E-state index contributed by atoms with van der Waals surface area (Å²) < 4.78 is 0. The zero-order valence-corrected chi connectivity index (χ0v) is 12.5. The van der Waals surface area contributed by atoms with E-state index in [0.29, 0.717) is 39.1 Å². The molecular weight excluding hydrogens is 266 g/mol. The molecule has 114 valence electrons. The van der Waals surface area contributed by atoms with Crippen LogP contribution in [0, 0.1) is 0 Å². The Morgan fingerprint density at radius 3 is 2.29 bits per heavy atom. The average Bonchev–Trinajstić information content (AvgIpc) is 2.54. The van der Waals surface area contributed by atoms with Crippen molar-refractivity contribution in [3.8, 4) is 0 Å². The summed E-state index contributed by atoms with van der Waals surface area (Å²) in [7, 11) is 0. The molecule has 0 unspecified atom stereocenters. The summed E-state index contributed by atoms with van der Waals surface area (Å²) in [4.78, 5) is 27.5. The molecule has 5 nitrogen and oxygen atoms in total. The quantitative estimate of drug-likeness (QED) is 0.913. The molecule has 5 heteroatoms. The lowest BCUT2D eigenvalue weighted by Crippen LogP contribution is -2.53. The van der Waals surface area contributed by atoms with E-state index in [-0.39, 0.29) is 11.9 Å². The predicted octanol–water partition coefficient (Wildman–Crippen LogP) is 1.49. The summed E-state index contributed by atoms with van der Waals surface area (Å²) in [6, 6.07) is 10.0. The Morgan fingerprint density at radius 2 is 1.67 bits per heavy atom. The molecule has 1 heterocycles. The minimum Gasteiger partial charge on any atom is -0.339 e. The molecule has 0 spiro atoms. The molecule has 0 aliphatic carbocycles. The molecule has 2 rings (SSSR count). The lowest BCUT2D eigenvalue weighted by atomic mass is 10.1. The molecule has 1 fully saturated rings. The molecule has 0 atom stereocenters. The highest BCUT2D eigenvalue weighted by Crippen LogP contribution is 2.08. The van der Waals surface area contributed by atoms with Gasteiger partial charge in [-0.05, 0) is 18.9 Å². The van der Waals surface area contributed by atoms with Crippen molar-refractivity contribution in [3.63, 3.8) is 0 Å². The predicted molar refractivity (Wildman–Crippen MR) is 82.0 cm³/mol. The van der Waals surface area contributed by atoms with Gasteiger partial charge in [-0.15, -0.1) is 0 Å². The van der Waals surface area contributed by atoms with Gasteiger partial charge in [-0.1, -0.05) is 30.3 Å². The molecular formula is C16H23N3O2. The Bertz CT molecular complexity index is 468. The van der Waals surface area contributed by atoms with Crippen molar-refractivity contribution in [2.24, 2.45) is 0 Å². The fraction of sp³-hybridized carbons (Fsp3) is 0.500. The third-order valence-electron chi connectivity index (χ3n) is 3.72. The Morgan fingerprint density at radius 1 is 1.05 bits per heavy atom. The van der Waals surface area contributed by atoms with Crippen LogP contribution in [0.4, 0.5) is 4.79 Å². The Hall–Kier alpha value is -2.04. The van der Waals surface area contributed by atoms with Gasteiger partial charge in [-0.2, -0.15) is 0 Å². The van der Waals surface area contributed by atoms with Gasteiger partial charge >= 0.3 is 6.03 Å². The second-order valence-corrected chi connectivity index (χ2v) is 5.19. The van der Waals surface area contributed by atoms with Gasteiger partial charge in [0.15, 0.2) is 0 Å². The number of benzene rings is 1. The van der Waals surface area contributed by atoms with Crippen LogP contribution in [0.25, 0.3) is 0 Å². The lowest BCUT2D eigenvalue weighted by molar-refractivity contribution is -0.132. The molecule has 1 aromatic rings. The van der Waals surface area contributed by atoms with Crippen molar-refractivity contribution >= 4 is 11.9 Å². The third kappa shape index (κ3) is 4.48. The number of nitrogens with one attached hydrogen (secondary N) is 1. The van der Waals surface area contributed by atoms with Gasteiger partial charge in [-0.3, -0.25) is 4.79 Å². The molecule has 0 radical (unpaired) electrons. The largest absolute Gasteiger partial charge is 0.339 e. The molecule has 0 aromatic heterocycles. The zero-order valence-electron chi connectivity index (χ0n) is 12.5. The first-order chi connectivity index (χ1) is 10.2. The molecule has 1 N–H and O–H groups in total. The molecule has 0 bridgehead atoms. The molecule has 21 heavy (non-hydrogen) atoms. The first-order valence-electron chi connectivity index (χ1n) is 7.55. The van der Waals surface area contributed by atoms with Crippen molar-refractivity contribution in [3.05, 3.63) is 35.9 Å². The van der Waals surface area contributed by atoms with E-state index in [4.69, 9.17) is 0 Å². The van der Waals surface area contributed by atoms with E-state index in [1.54, 1.807) is 4.90 Å². The highest BCUT2D eigenvalue weighted by Gasteiger charge is 2.23. The van der Waals surface area contributed by atoms with Crippen molar-refractivity contribution in [1.29, 1.82) is 0 Å². The summed E-state index contributed by atoms with van der Waals surface area (Å²) in [6.07, 6.45) is 1.31. The van der Waals surface area contributed by atoms with Gasteiger partial charge in [0.2, 0.25) is 5.91 Å². The number of carbonyl (C=O) groups excluding carboxylic acids is 2. The van der Waals surface area contributed by atoms with Crippen LogP contribution in [-0.4, -0.2) is 54.5 Å². The van der Waals surface area contributed by atoms with Gasteiger partial charge in [0.05, 0.1) is 0 Å². The summed E-state index contributed by atoms with van der Waals surface area (Å²) >= 11 is 0. The second kappa shape index (κ2) is 7.67. The standard InChI is InChI=1S/C16H23N3O2/c1-2-17-16(21)19-12-10-18(11-13-19)15(20)9-8-14-6-4-3-5-7-14/h3-7H,2,8-13H2,1H3,(H,17,21). The second-order valence-electron chi connectivity index (χ2n) is 5.19. The number of nitrogens with zero attached hydrogens (tertiary/aromatic N) is 2. The van der Waals surface area contributed by atoms with Crippen molar-refractivity contribution in [1.82, 2.24) is 15.1 Å². The van der Waals surface area contributed by atoms with Gasteiger partial charge in [-0.25, -0.2) is 4.79 Å². The fourth-order valence-electron chi connectivity index (χ4n) is 2.48. The van der Waals surface area contributed by atoms with E-state index in [9.17, 15) is 9.59 Å². The highest BCUT2D eigenvalue weighted by molar-refractivity contribution is 5.77. The number of carbonyl (C=O) groups is 2. The first-order valence-corrected chi connectivity index (χ1v) is 7.55. The topological polar surface area (TPSA) is 52.7 Å². The number of urea groups is 1. The maximum Gasteiger partial charge on any atom is 0.317 e. The number of aryl methyl sites for hydroxylation is 1. The normalized spacial score (nSPS) is 14.9. The van der Waals surface area contributed by atoms with E-state index in [1.807, 2.05) is 42.2 Å². The maximum absolute atomic E-state index is 12.2. The van der Waals surface area contributed by atoms with Gasteiger partial charge in [0, 0.05) is 39.1 Å². The van der Waals surface area contributed by atoms with Crippen molar-refractivity contribution < 1.29 is 9.59 Å². The van der Waals surface area contributed by atoms with E-state index in [1.165, 1.54) is 5.56 Å². The van der Waals surface area contributed by atoms with Gasteiger partial charge in [0.1, 0.15) is 0 Å². The highest BCUT2D eigenvalue weighted by atomic mass is 16.2. The van der Waals surface area contributed by atoms with Crippen LogP contribution < -0.4 is 5.32 Å². The third-order valence-corrected chi connectivity index (χ3v) is 3.72. The van der Waals surface area contributed by atoms with Crippen LogP contribution in [0.3, 0.4) is 0 Å². The number of hydrogen-bond donors (Lipinski definition) is 1. The van der Waals surface area contributed by atoms with Crippen LogP contribution in [0.5, 0.6) is 0 Å². The smallest absolute Gasteiger partial charge is 0.317 e.